The SMILES string of the molecule is C=CCNS(=O)(=O)c1ccc([N+](=O)[O-])cc1Cl. The van der Waals surface area contributed by atoms with Gasteiger partial charge in [0, 0.05) is 18.7 Å². The molecule has 92 valence electrons. The first-order valence-electron chi connectivity index (χ1n) is 4.43. The molecule has 0 unspecified atom stereocenters. The predicted octanol–water partition coefficient (Wildman–Crippen LogP) is 1.71. The van der Waals surface area contributed by atoms with E-state index < -0.39 is 14.9 Å². The Hall–Kier alpha value is -1.44. The number of halogens is 1. The van der Waals surface area contributed by atoms with Crippen molar-refractivity contribution >= 4 is 27.3 Å². The first-order valence-corrected chi connectivity index (χ1v) is 6.29. The van der Waals surface area contributed by atoms with Gasteiger partial charge in [-0.25, -0.2) is 13.1 Å². The van der Waals surface area contributed by atoms with Gasteiger partial charge < -0.3 is 0 Å². The summed E-state index contributed by atoms with van der Waals surface area (Å²) in [5.74, 6) is 0. The Kier molecular flexibility index (Phi) is 4.22. The number of benzene rings is 1. The minimum absolute atomic E-state index is 0.0512. The Morgan fingerprint density at radius 1 is 1.53 bits per heavy atom. The van der Waals surface area contributed by atoms with Gasteiger partial charge >= 0.3 is 0 Å². The van der Waals surface area contributed by atoms with E-state index in [1.807, 2.05) is 0 Å². The number of nitro benzene ring substituents is 1. The molecule has 0 bridgehead atoms. The fourth-order valence-electron chi connectivity index (χ4n) is 1.07. The second kappa shape index (κ2) is 5.26. The molecule has 0 aliphatic rings. The number of nitro groups is 1. The average Bonchev–Trinajstić information content (AvgIpc) is 2.25. The molecular formula is C9H9ClN2O4S. The molecule has 0 atom stereocenters. The van der Waals surface area contributed by atoms with Gasteiger partial charge in [0.2, 0.25) is 10.0 Å². The lowest BCUT2D eigenvalue weighted by atomic mass is 10.3. The second-order valence-electron chi connectivity index (χ2n) is 3.01. The average molecular weight is 277 g/mol. The third-order valence-electron chi connectivity index (χ3n) is 1.83. The van der Waals surface area contributed by atoms with Crippen molar-refractivity contribution in [1.82, 2.24) is 4.72 Å². The van der Waals surface area contributed by atoms with Crippen LogP contribution in [-0.2, 0) is 10.0 Å². The maximum Gasteiger partial charge on any atom is 0.271 e. The molecule has 0 fully saturated rings. The third-order valence-corrected chi connectivity index (χ3v) is 3.74. The molecule has 17 heavy (non-hydrogen) atoms. The van der Waals surface area contributed by atoms with Crippen LogP contribution in [0.15, 0.2) is 35.7 Å². The van der Waals surface area contributed by atoms with Crippen LogP contribution in [-0.4, -0.2) is 19.9 Å². The van der Waals surface area contributed by atoms with Crippen molar-refractivity contribution < 1.29 is 13.3 Å². The summed E-state index contributed by atoms with van der Waals surface area (Å²) in [5.41, 5.74) is -0.266. The van der Waals surface area contributed by atoms with Gasteiger partial charge in [-0.3, -0.25) is 10.1 Å². The van der Waals surface area contributed by atoms with E-state index in [4.69, 9.17) is 11.6 Å². The number of hydrogen-bond acceptors (Lipinski definition) is 4. The van der Waals surface area contributed by atoms with E-state index in [2.05, 4.69) is 11.3 Å². The van der Waals surface area contributed by atoms with Gasteiger partial charge in [0.1, 0.15) is 4.90 Å². The maximum absolute atomic E-state index is 11.7. The number of non-ortho nitro benzene ring substituents is 1. The molecule has 0 spiro atoms. The second-order valence-corrected chi connectivity index (χ2v) is 5.15. The maximum atomic E-state index is 11.7. The molecule has 0 aromatic heterocycles. The number of nitrogens with one attached hydrogen (secondary N) is 1. The first kappa shape index (κ1) is 13.6. The summed E-state index contributed by atoms with van der Waals surface area (Å²) in [6.07, 6.45) is 1.37. The monoisotopic (exact) mass is 276 g/mol. The Balaban J connectivity index is 3.16. The molecule has 0 radical (unpaired) electrons. The molecule has 0 heterocycles. The van der Waals surface area contributed by atoms with Crippen molar-refractivity contribution in [2.75, 3.05) is 6.54 Å². The first-order chi connectivity index (χ1) is 7.88. The Bertz CT molecular complexity index is 556. The minimum Gasteiger partial charge on any atom is -0.258 e. The Morgan fingerprint density at radius 3 is 2.65 bits per heavy atom. The van der Waals surface area contributed by atoms with Gasteiger partial charge in [-0.2, -0.15) is 0 Å². The zero-order valence-corrected chi connectivity index (χ0v) is 10.2. The Morgan fingerprint density at radius 2 is 2.18 bits per heavy atom. The highest BCUT2D eigenvalue weighted by Crippen LogP contribution is 2.25. The predicted molar refractivity (Wildman–Crippen MR) is 63.5 cm³/mol. The molecule has 1 aromatic carbocycles. The summed E-state index contributed by atoms with van der Waals surface area (Å²) in [6.45, 7) is 3.42. The zero-order valence-electron chi connectivity index (χ0n) is 8.59. The summed E-state index contributed by atoms with van der Waals surface area (Å²) < 4.78 is 25.6. The molecule has 6 nitrogen and oxygen atoms in total. The van der Waals surface area contributed by atoms with Crippen LogP contribution in [0.25, 0.3) is 0 Å². The summed E-state index contributed by atoms with van der Waals surface area (Å²) in [4.78, 5) is 9.60. The van der Waals surface area contributed by atoms with Crippen molar-refractivity contribution in [1.29, 1.82) is 0 Å². The number of sulfonamides is 1. The largest absolute Gasteiger partial charge is 0.271 e. The van der Waals surface area contributed by atoms with Crippen molar-refractivity contribution in [2.24, 2.45) is 0 Å². The number of rotatable bonds is 5. The van der Waals surface area contributed by atoms with Crippen LogP contribution in [0.2, 0.25) is 5.02 Å². The molecular weight excluding hydrogens is 268 g/mol. The van der Waals surface area contributed by atoms with E-state index in [-0.39, 0.29) is 22.2 Å². The van der Waals surface area contributed by atoms with Gasteiger partial charge in [0.05, 0.1) is 9.95 Å². The minimum atomic E-state index is -3.77. The summed E-state index contributed by atoms with van der Waals surface area (Å²) in [6, 6.07) is 3.16. The summed E-state index contributed by atoms with van der Waals surface area (Å²) in [5, 5.41) is 10.3. The van der Waals surface area contributed by atoms with Gasteiger partial charge in [0.25, 0.3) is 5.69 Å². The standard InChI is InChI=1S/C9H9ClN2O4S/c1-2-5-11-17(15,16)9-4-3-7(12(13)14)6-8(9)10/h2-4,6,11H,1,5H2. The van der Waals surface area contributed by atoms with Gasteiger partial charge in [-0.15, -0.1) is 6.58 Å². The van der Waals surface area contributed by atoms with Crippen molar-refractivity contribution in [2.45, 2.75) is 4.90 Å². The van der Waals surface area contributed by atoms with Gasteiger partial charge in [-0.1, -0.05) is 17.7 Å². The lowest BCUT2D eigenvalue weighted by Gasteiger charge is -2.06. The van der Waals surface area contributed by atoms with Crippen LogP contribution < -0.4 is 4.72 Å². The van der Waals surface area contributed by atoms with Gasteiger partial charge in [0.15, 0.2) is 0 Å². The number of nitrogens with zero attached hydrogens (tertiary/aromatic N) is 1. The third kappa shape index (κ3) is 3.26. The summed E-state index contributed by atoms with van der Waals surface area (Å²) >= 11 is 5.69. The number of hydrogen-bond donors (Lipinski definition) is 1. The lowest BCUT2D eigenvalue weighted by Crippen LogP contribution is -2.23. The van der Waals surface area contributed by atoms with Gasteiger partial charge in [-0.05, 0) is 6.07 Å². The van der Waals surface area contributed by atoms with E-state index >= 15 is 0 Å². The highest BCUT2D eigenvalue weighted by Gasteiger charge is 2.19. The molecule has 0 aliphatic carbocycles. The van der Waals surface area contributed by atoms with Crippen LogP contribution >= 0.6 is 11.6 Å². The molecule has 0 amide bonds. The summed E-state index contributed by atoms with van der Waals surface area (Å²) in [7, 11) is -3.77. The van der Waals surface area contributed by atoms with Crippen LogP contribution in [0.4, 0.5) is 5.69 Å². The quantitative estimate of drug-likeness (QED) is 0.504. The highest BCUT2D eigenvalue weighted by molar-refractivity contribution is 7.89. The Labute approximate surface area is 103 Å². The topological polar surface area (TPSA) is 89.3 Å². The van der Waals surface area contributed by atoms with E-state index in [9.17, 15) is 18.5 Å². The van der Waals surface area contributed by atoms with Crippen molar-refractivity contribution in [3.05, 3.63) is 46.0 Å². The van der Waals surface area contributed by atoms with Crippen molar-refractivity contribution in [3.63, 3.8) is 0 Å². The normalized spacial score (nSPS) is 11.1. The molecule has 1 aromatic rings. The van der Waals surface area contributed by atoms with E-state index in [1.54, 1.807) is 0 Å². The van der Waals surface area contributed by atoms with Crippen LogP contribution in [0.5, 0.6) is 0 Å². The highest BCUT2D eigenvalue weighted by atomic mass is 35.5. The van der Waals surface area contributed by atoms with E-state index in [1.165, 1.54) is 6.08 Å². The van der Waals surface area contributed by atoms with Crippen molar-refractivity contribution in [3.8, 4) is 0 Å². The molecule has 1 N–H and O–H groups in total. The van der Waals surface area contributed by atoms with Crippen LogP contribution in [0, 0.1) is 10.1 Å². The lowest BCUT2D eigenvalue weighted by molar-refractivity contribution is -0.384. The molecule has 0 saturated carbocycles. The fourth-order valence-corrected chi connectivity index (χ4v) is 2.60. The van der Waals surface area contributed by atoms with Crippen LogP contribution in [0.3, 0.4) is 0 Å². The molecule has 0 saturated heterocycles. The molecule has 0 aliphatic heterocycles. The van der Waals surface area contributed by atoms with E-state index in [0.717, 1.165) is 18.2 Å². The molecule has 8 heteroatoms. The van der Waals surface area contributed by atoms with Crippen LogP contribution in [0.1, 0.15) is 0 Å². The van der Waals surface area contributed by atoms with E-state index in [0.29, 0.717) is 0 Å². The molecule has 1 rings (SSSR count). The smallest absolute Gasteiger partial charge is 0.258 e. The fraction of sp³-hybridized carbons (Fsp3) is 0.111. The zero-order chi connectivity index (χ0) is 13.1.